The first-order valence-electron chi connectivity index (χ1n) is 11.0. The summed E-state index contributed by atoms with van der Waals surface area (Å²) in [5, 5.41) is 5.81. The van der Waals surface area contributed by atoms with Crippen LogP contribution in [0.2, 0.25) is 0 Å². The zero-order valence-corrected chi connectivity index (χ0v) is 21.8. The Morgan fingerprint density at radius 3 is 2.49 bits per heavy atom. The lowest BCUT2D eigenvalue weighted by atomic mass is 10.2. The molecule has 2 aromatic heterocycles. The van der Waals surface area contributed by atoms with Crippen LogP contribution in [-0.4, -0.2) is 66.6 Å². The summed E-state index contributed by atoms with van der Waals surface area (Å²) in [6.07, 6.45) is 0. The second-order valence-corrected chi connectivity index (χ2v) is 10.7. The van der Waals surface area contributed by atoms with Gasteiger partial charge in [-0.15, -0.1) is 0 Å². The molecule has 0 bridgehead atoms. The fourth-order valence-corrected chi connectivity index (χ4v) is 5.27. The van der Waals surface area contributed by atoms with Crippen molar-refractivity contribution in [3.63, 3.8) is 0 Å². The van der Waals surface area contributed by atoms with Gasteiger partial charge in [0, 0.05) is 6.07 Å². The number of carbonyl (C=O) groups is 4. The number of ether oxygens (including phenoxy) is 2. The number of rotatable bonds is 10. The third kappa shape index (κ3) is 7.57. The van der Waals surface area contributed by atoms with Gasteiger partial charge < -0.3 is 23.9 Å². The van der Waals surface area contributed by atoms with Gasteiger partial charge in [0.1, 0.15) is 23.8 Å². The zero-order chi connectivity index (χ0) is 27.2. The standard InChI is InChI=1S/C22H24N4O9S2/c1-4-33-20(29)10-26-15-7-6-14(21(30)34-5-2)9-16(15)36-22(26)24-19(28)12-37(31,32)11-18(27)23-17-8-13(3)35-25-17/h6-9H,4-5,10-12H2,1-3H3,(H,23,25,27). The zero-order valence-electron chi connectivity index (χ0n) is 20.2. The maximum absolute atomic E-state index is 12.6. The maximum atomic E-state index is 12.6. The van der Waals surface area contributed by atoms with E-state index in [4.69, 9.17) is 14.0 Å². The SMILES string of the molecule is CCOC(=O)Cn1c(=NC(=O)CS(=O)(=O)CC(=O)Nc2cc(C)on2)sc2cc(C(=O)OCC)ccc21. The Bertz CT molecular complexity index is 1520. The van der Waals surface area contributed by atoms with Gasteiger partial charge in [-0.2, -0.15) is 4.99 Å². The Hall–Kier alpha value is -3.85. The molecule has 2 amide bonds. The number of esters is 2. The molecule has 0 aliphatic rings. The van der Waals surface area contributed by atoms with Gasteiger partial charge in [-0.25, -0.2) is 13.2 Å². The van der Waals surface area contributed by atoms with E-state index in [2.05, 4.69) is 15.5 Å². The van der Waals surface area contributed by atoms with Crippen molar-refractivity contribution in [3.05, 3.63) is 40.4 Å². The van der Waals surface area contributed by atoms with E-state index in [0.29, 0.717) is 16.0 Å². The predicted molar refractivity (Wildman–Crippen MR) is 131 cm³/mol. The number of nitrogens with one attached hydrogen (secondary N) is 1. The Morgan fingerprint density at radius 2 is 1.84 bits per heavy atom. The minimum atomic E-state index is -4.18. The van der Waals surface area contributed by atoms with Crippen molar-refractivity contribution in [2.24, 2.45) is 4.99 Å². The molecule has 0 spiro atoms. The second-order valence-electron chi connectivity index (χ2n) is 7.59. The largest absolute Gasteiger partial charge is 0.465 e. The van der Waals surface area contributed by atoms with E-state index < -0.39 is 45.1 Å². The van der Waals surface area contributed by atoms with E-state index in [0.717, 1.165) is 11.3 Å². The third-order valence-electron chi connectivity index (χ3n) is 4.60. The number of aromatic nitrogens is 2. The van der Waals surface area contributed by atoms with E-state index in [9.17, 15) is 27.6 Å². The number of carbonyl (C=O) groups excluding carboxylic acids is 4. The number of thiazole rings is 1. The highest BCUT2D eigenvalue weighted by atomic mass is 32.2. The van der Waals surface area contributed by atoms with E-state index >= 15 is 0 Å². The van der Waals surface area contributed by atoms with Crippen LogP contribution in [0.25, 0.3) is 10.2 Å². The maximum Gasteiger partial charge on any atom is 0.338 e. The Morgan fingerprint density at radius 1 is 1.11 bits per heavy atom. The van der Waals surface area contributed by atoms with Crippen molar-refractivity contribution in [1.82, 2.24) is 9.72 Å². The lowest BCUT2D eigenvalue weighted by Crippen LogP contribution is -2.28. The minimum Gasteiger partial charge on any atom is -0.465 e. The first kappa shape index (κ1) is 27.7. The molecule has 0 aliphatic heterocycles. The number of benzene rings is 1. The smallest absolute Gasteiger partial charge is 0.338 e. The number of fused-ring (bicyclic) bond motifs is 1. The molecule has 3 aromatic rings. The molecule has 13 nitrogen and oxygen atoms in total. The highest BCUT2D eigenvalue weighted by Gasteiger charge is 2.22. The van der Waals surface area contributed by atoms with Crippen LogP contribution in [0.4, 0.5) is 5.82 Å². The van der Waals surface area contributed by atoms with E-state index in [1.165, 1.54) is 22.8 Å². The molecule has 15 heteroatoms. The van der Waals surface area contributed by atoms with Gasteiger partial charge in [0.05, 0.1) is 29.0 Å². The lowest BCUT2D eigenvalue weighted by molar-refractivity contribution is -0.143. The molecule has 0 aliphatic carbocycles. The van der Waals surface area contributed by atoms with Crippen molar-refractivity contribution in [1.29, 1.82) is 0 Å². The van der Waals surface area contributed by atoms with E-state index in [1.54, 1.807) is 26.8 Å². The van der Waals surface area contributed by atoms with Gasteiger partial charge in [0.15, 0.2) is 20.5 Å². The van der Waals surface area contributed by atoms with Crippen LogP contribution < -0.4 is 10.1 Å². The monoisotopic (exact) mass is 552 g/mol. The van der Waals surface area contributed by atoms with Gasteiger partial charge in [-0.1, -0.05) is 16.5 Å². The topological polar surface area (TPSA) is 176 Å². The van der Waals surface area contributed by atoms with Crippen LogP contribution in [0, 0.1) is 6.92 Å². The number of aryl methyl sites for hydroxylation is 1. The number of sulfone groups is 1. The molecule has 0 saturated carbocycles. The minimum absolute atomic E-state index is 0.0202. The third-order valence-corrected chi connectivity index (χ3v) is 7.03. The molecular formula is C22H24N4O9S2. The molecule has 37 heavy (non-hydrogen) atoms. The highest BCUT2D eigenvalue weighted by Crippen LogP contribution is 2.20. The van der Waals surface area contributed by atoms with Gasteiger partial charge in [-0.3, -0.25) is 14.4 Å². The van der Waals surface area contributed by atoms with Crippen molar-refractivity contribution in [2.75, 3.05) is 30.0 Å². The van der Waals surface area contributed by atoms with Crippen molar-refractivity contribution in [2.45, 2.75) is 27.3 Å². The molecule has 3 rings (SSSR count). The van der Waals surface area contributed by atoms with Gasteiger partial charge in [-0.05, 0) is 39.0 Å². The van der Waals surface area contributed by atoms with Crippen molar-refractivity contribution < 1.29 is 41.6 Å². The molecule has 2 heterocycles. The number of hydrogen-bond acceptors (Lipinski definition) is 11. The molecule has 0 atom stereocenters. The molecule has 0 fully saturated rings. The number of anilines is 1. The Kier molecular flexibility index (Phi) is 8.94. The van der Waals surface area contributed by atoms with Crippen LogP contribution in [-0.2, 0) is 40.2 Å². The molecule has 0 radical (unpaired) electrons. The fraction of sp³-hybridized carbons (Fsp3) is 0.364. The van der Waals surface area contributed by atoms with Gasteiger partial charge in [0.25, 0.3) is 5.91 Å². The second kappa shape index (κ2) is 11.9. The molecular weight excluding hydrogens is 528 g/mol. The molecule has 1 N–H and O–H groups in total. The summed E-state index contributed by atoms with van der Waals surface area (Å²) >= 11 is 0.973. The Labute approximate surface area is 215 Å². The summed E-state index contributed by atoms with van der Waals surface area (Å²) in [5.74, 6) is -4.64. The van der Waals surface area contributed by atoms with E-state index in [-0.39, 0.29) is 35.9 Å². The summed E-state index contributed by atoms with van der Waals surface area (Å²) < 4.78 is 41.5. The number of nitrogens with zero attached hydrogens (tertiary/aromatic N) is 3. The van der Waals surface area contributed by atoms with Crippen LogP contribution in [0.1, 0.15) is 30.0 Å². The van der Waals surface area contributed by atoms with Crippen LogP contribution in [0.3, 0.4) is 0 Å². The average molecular weight is 553 g/mol. The Balaban J connectivity index is 1.87. The van der Waals surface area contributed by atoms with Gasteiger partial charge in [0.2, 0.25) is 5.91 Å². The van der Waals surface area contributed by atoms with Crippen LogP contribution in [0.15, 0.2) is 33.8 Å². The molecule has 0 saturated heterocycles. The first-order chi connectivity index (χ1) is 17.5. The quantitative estimate of drug-likeness (QED) is 0.360. The summed E-state index contributed by atoms with van der Waals surface area (Å²) in [6.45, 7) is 4.92. The van der Waals surface area contributed by atoms with Gasteiger partial charge >= 0.3 is 11.9 Å². The normalized spacial score (nSPS) is 11.9. The number of hydrogen-bond donors (Lipinski definition) is 1. The van der Waals surface area contributed by atoms with Crippen LogP contribution in [0.5, 0.6) is 0 Å². The lowest BCUT2D eigenvalue weighted by Gasteiger charge is -2.06. The summed E-state index contributed by atoms with van der Waals surface area (Å²) in [6, 6.07) is 5.99. The summed E-state index contributed by atoms with van der Waals surface area (Å²) in [7, 11) is -4.18. The van der Waals surface area contributed by atoms with Crippen molar-refractivity contribution >= 4 is 61.0 Å². The predicted octanol–water partition coefficient (Wildman–Crippen LogP) is 1.22. The first-order valence-corrected chi connectivity index (χ1v) is 13.6. The molecule has 198 valence electrons. The average Bonchev–Trinajstić information content (AvgIpc) is 3.35. The van der Waals surface area contributed by atoms with Crippen molar-refractivity contribution in [3.8, 4) is 0 Å². The summed E-state index contributed by atoms with van der Waals surface area (Å²) in [4.78, 5) is 52.8. The summed E-state index contributed by atoms with van der Waals surface area (Å²) in [5.41, 5.74) is 0.732. The molecule has 0 unspecified atom stereocenters. The van der Waals surface area contributed by atoms with E-state index in [1.807, 2.05) is 0 Å². The highest BCUT2D eigenvalue weighted by molar-refractivity contribution is 7.92. The number of amides is 2. The molecule has 1 aromatic carbocycles. The fourth-order valence-electron chi connectivity index (χ4n) is 3.17. The van der Waals surface area contributed by atoms with Crippen LogP contribution >= 0.6 is 11.3 Å².